The zero-order chi connectivity index (χ0) is 15.7. The summed E-state index contributed by atoms with van der Waals surface area (Å²) in [5.74, 6) is -0.878. The third-order valence-corrected chi connectivity index (χ3v) is 4.28. The summed E-state index contributed by atoms with van der Waals surface area (Å²) in [6.45, 7) is 1.90. The third-order valence-electron chi connectivity index (χ3n) is 3.02. The first-order valence-electron chi connectivity index (χ1n) is 6.42. The van der Waals surface area contributed by atoms with E-state index in [1.807, 2.05) is 25.1 Å². The maximum absolute atomic E-state index is 11.4. The van der Waals surface area contributed by atoms with Crippen LogP contribution in [-0.2, 0) is 0 Å². The first-order valence-corrected chi connectivity index (χ1v) is 7.62. The molecule has 0 aliphatic rings. The van der Waals surface area contributed by atoms with Crippen molar-refractivity contribution in [3.63, 3.8) is 0 Å². The summed E-state index contributed by atoms with van der Waals surface area (Å²) in [5.41, 5.74) is 1.27. The Bertz CT molecular complexity index is 837. The zero-order valence-corrected chi connectivity index (χ0v) is 13.0. The van der Waals surface area contributed by atoms with E-state index in [1.54, 1.807) is 12.3 Å². The second-order valence-electron chi connectivity index (χ2n) is 4.59. The number of pyridine rings is 1. The van der Waals surface area contributed by atoms with E-state index < -0.39 is 5.97 Å². The highest BCUT2D eigenvalue weighted by Crippen LogP contribution is 2.31. The van der Waals surface area contributed by atoms with E-state index in [1.165, 1.54) is 0 Å². The SMILES string of the molecule is C[C@H](Nc1nc(C(=O)O)c2sc(Cl)cc2n1)c1ccccn1. The zero-order valence-electron chi connectivity index (χ0n) is 11.4. The molecule has 0 unspecified atom stereocenters. The lowest BCUT2D eigenvalue weighted by molar-refractivity contribution is 0.0693. The Hall–Kier alpha value is -2.25. The van der Waals surface area contributed by atoms with Gasteiger partial charge in [0.05, 0.1) is 26.3 Å². The normalized spacial score (nSPS) is 12.3. The number of nitrogens with zero attached hydrogens (tertiary/aromatic N) is 3. The molecule has 0 spiro atoms. The van der Waals surface area contributed by atoms with Gasteiger partial charge in [0.15, 0.2) is 5.69 Å². The minimum Gasteiger partial charge on any atom is -0.476 e. The van der Waals surface area contributed by atoms with Gasteiger partial charge < -0.3 is 10.4 Å². The Labute approximate surface area is 134 Å². The second kappa shape index (κ2) is 5.86. The average Bonchev–Trinajstić information content (AvgIpc) is 2.87. The molecule has 2 N–H and O–H groups in total. The number of carbonyl (C=O) groups is 1. The summed E-state index contributed by atoms with van der Waals surface area (Å²) in [6, 6.07) is 7.05. The lowest BCUT2D eigenvalue weighted by Crippen LogP contribution is -2.12. The number of hydrogen-bond acceptors (Lipinski definition) is 6. The molecule has 3 heterocycles. The van der Waals surface area contributed by atoms with Gasteiger partial charge in [0.1, 0.15) is 0 Å². The average molecular weight is 335 g/mol. The molecular formula is C14H11ClN4O2S. The topological polar surface area (TPSA) is 88.0 Å². The minimum absolute atomic E-state index is 0.0578. The molecule has 0 saturated heterocycles. The van der Waals surface area contributed by atoms with Gasteiger partial charge in [-0.15, -0.1) is 11.3 Å². The number of fused-ring (bicyclic) bond motifs is 1. The summed E-state index contributed by atoms with van der Waals surface area (Å²) in [6.07, 6.45) is 1.69. The summed E-state index contributed by atoms with van der Waals surface area (Å²) in [4.78, 5) is 24.0. The fourth-order valence-corrected chi connectivity index (χ4v) is 3.15. The highest BCUT2D eigenvalue weighted by atomic mass is 35.5. The van der Waals surface area contributed by atoms with Crippen molar-refractivity contribution in [2.45, 2.75) is 13.0 Å². The molecule has 0 amide bonds. The van der Waals surface area contributed by atoms with E-state index in [4.69, 9.17) is 11.6 Å². The predicted octanol–water partition coefficient (Wildman–Crippen LogP) is 3.61. The van der Waals surface area contributed by atoms with Gasteiger partial charge in [-0.25, -0.2) is 14.8 Å². The molecule has 0 bridgehead atoms. The first kappa shape index (κ1) is 14.7. The lowest BCUT2D eigenvalue weighted by Gasteiger charge is -2.13. The molecule has 22 heavy (non-hydrogen) atoms. The number of thiophene rings is 1. The molecule has 0 fully saturated rings. The molecule has 3 aromatic heterocycles. The van der Waals surface area contributed by atoms with Crippen LogP contribution in [0.15, 0.2) is 30.5 Å². The molecule has 6 nitrogen and oxygen atoms in total. The minimum atomic E-state index is -1.11. The van der Waals surface area contributed by atoms with Crippen molar-refractivity contribution >= 4 is 45.1 Å². The largest absolute Gasteiger partial charge is 0.476 e. The molecular weight excluding hydrogens is 324 g/mol. The van der Waals surface area contributed by atoms with Crippen LogP contribution in [0.4, 0.5) is 5.95 Å². The van der Waals surface area contributed by atoms with E-state index in [9.17, 15) is 9.90 Å². The van der Waals surface area contributed by atoms with Crippen molar-refractivity contribution in [3.05, 3.63) is 46.2 Å². The molecule has 3 rings (SSSR count). The second-order valence-corrected chi connectivity index (χ2v) is 6.27. The van der Waals surface area contributed by atoms with Crippen LogP contribution in [0.2, 0.25) is 4.34 Å². The van der Waals surface area contributed by atoms with Gasteiger partial charge in [0.25, 0.3) is 0 Å². The number of rotatable bonds is 4. The number of nitrogens with one attached hydrogen (secondary N) is 1. The summed E-state index contributed by atoms with van der Waals surface area (Å²) >= 11 is 7.09. The summed E-state index contributed by atoms with van der Waals surface area (Å²) < 4.78 is 0.940. The highest BCUT2D eigenvalue weighted by molar-refractivity contribution is 7.22. The van der Waals surface area contributed by atoms with Crippen LogP contribution in [0.5, 0.6) is 0 Å². The molecule has 3 aromatic rings. The fourth-order valence-electron chi connectivity index (χ4n) is 2.01. The number of hydrogen-bond donors (Lipinski definition) is 2. The van der Waals surface area contributed by atoms with Gasteiger partial charge in [-0.2, -0.15) is 0 Å². The molecule has 0 aliphatic heterocycles. The predicted molar refractivity (Wildman–Crippen MR) is 85.7 cm³/mol. The monoisotopic (exact) mass is 334 g/mol. The van der Waals surface area contributed by atoms with Gasteiger partial charge in [0.2, 0.25) is 5.95 Å². The van der Waals surface area contributed by atoms with E-state index >= 15 is 0 Å². The van der Waals surface area contributed by atoms with Crippen LogP contribution >= 0.6 is 22.9 Å². The molecule has 0 saturated carbocycles. The van der Waals surface area contributed by atoms with Crippen LogP contribution < -0.4 is 5.32 Å². The fraction of sp³-hybridized carbons (Fsp3) is 0.143. The van der Waals surface area contributed by atoms with Crippen molar-refractivity contribution in [1.29, 1.82) is 0 Å². The van der Waals surface area contributed by atoms with Gasteiger partial charge in [-0.05, 0) is 25.1 Å². The van der Waals surface area contributed by atoms with E-state index in [0.717, 1.165) is 17.0 Å². The van der Waals surface area contributed by atoms with Gasteiger partial charge in [-0.3, -0.25) is 4.98 Å². The first-order chi connectivity index (χ1) is 10.5. The van der Waals surface area contributed by atoms with Crippen LogP contribution in [0.3, 0.4) is 0 Å². The van der Waals surface area contributed by atoms with Gasteiger partial charge in [-0.1, -0.05) is 17.7 Å². The van der Waals surface area contributed by atoms with Crippen LogP contribution in [0.1, 0.15) is 29.1 Å². The van der Waals surface area contributed by atoms with Gasteiger partial charge in [0, 0.05) is 6.20 Å². The van der Waals surface area contributed by atoms with Crippen LogP contribution in [0.25, 0.3) is 10.2 Å². The van der Waals surface area contributed by atoms with Gasteiger partial charge >= 0.3 is 5.97 Å². The molecule has 0 aromatic carbocycles. The molecule has 8 heteroatoms. The number of carboxylic acid groups (broad SMARTS) is 1. The number of halogens is 1. The Morgan fingerprint density at radius 3 is 2.91 bits per heavy atom. The molecule has 0 aliphatic carbocycles. The quantitative estimate of drug-likeness (QED) is 0.757. The third kappa shape index (κ3) is 2.86. The van der Waals surface area contributed by atoms with Crippen molar-refractivity contribution in [2.24, 2.45) is 0 Å². The number of aromatic carboxylic acids is 1. The van der Waals surface area contributed by atoms with E-state index in [2.05, 4.69) is 20.3 Å². The number of aromatic nitrogens is 3. The molecule has 1 atom stereocenters. The number of carboxylic acids is 1. The molecule has 112 valence electrons. The Kier molecular flexibility index (Phi) is 3.91. The summed E-state index contributed by atoms with van der Waals surface area (Å²) in [5, 5.41) is 12.4. The number of anilines is 1. The Morgan fingerprint density at radius 1 is 1.41 bits per heavy atom. The maximum atomic E-state index is 11.4. The smallest absolute Gasteiger partial charge is 0.356 e. The van der Waals surface area contributed by atoms with Crippen LogP contribution in [0, 0.1) is 0 Å². The van der Waals surface area contributed by atoms with E-state index in [-0.39, 0.29) is 17.7 Å². The van der Waals surface area contributed by atoms with Crippen molar-refractivity contribution < 1.29 is 9.90 Å². The summed E-state index contributed by atoms with van der Waals surface area (Å²) in [7, 11) is 0. The van der Waals surface area contributed by atoms with Crippen molar-refractivity contribution in [1.82, 2.24) is 15.0 Å². The van der Waals surface area contributed by atoms with Crippen molar-refractivity contribution in [2.75, 3.05) is 5.32 Å². The van der Waals surface area contributed by atoms with Crippen molar-refractivity contribution in [3.8, 4) is 0 Å². The maximum Gasteiger partial charge on any atom is 0.356 e. The van der Waals surface area contributed by atoms with Crippen LogP contribution in [-0.4, -0.2) is 26.0 Å². The Morgan fingerprint density at radius 2 is 2.23 bits per heavy atom. The Balaban J connectivity index is 1.99. The lowest BCUT2D eigenvalue weighted by atomic mass is 10.2. The van der Waals surface area contributed by atoms with E-state index in [0.29, 0.717) is 14.6 Å². The highest BCUT2D eigenvalue weighted by Gasteiger charge is 2.18. The molecule has 0 radical (unpaired) electrons. The standard InChI is InChI=1S/C14H11ClN4O2S/c1-7(8-4-2-3-5-16-8)17-14-18-9-6-10(15)22-12(9)11(19-14)13(20)21/h2-7H,1H3,(H,20,21)(H,17,18,19)/t7-/m0/s1.